The van der Waals surface area contributed by atoms with Crippen LogP contribution in [-0.4, -0.2) is 14.7 Å². The standard InChI is InChI=1S/C12H11N3O/c13-6-12-5-10(1-3-14-12)7-15-4-2-11(8-15)9-16/h1-5,8,16H,7,9H2. The molecule has 0 aromatic carbocycles. The van der Waals surface area contributed by atoms with Crippen molar-refractivity contribution >= 4 is 0 Å². The molecule has 16 heavy (non-hydrogen) atoms. The van der Waals surface area contributed by atoms with E-state index in [-0.39, 0.29) is 6.61 Å². The summed E-state index contributed by atoms with van der Waals surface area (Å²) in [7, 11) is 0. The Morgan fingerprint density at radius 2 is 2.25 bits per heavy atom. The van der Waals surface area contributed by atoms with Gasteiger partial charge in [-0.3, -0.25) is 0 Å². The van der Waals surface area contributed by atoms with E-state index in [0.717, 1.165) is 11.1 Å². The Labute approximate surface area is 93.4 Å². The summed E-state index contributed by atoms with van der Waals surface area (Å²) in [6.45, 7) is 0.726. The maximum absolute atomic E-state index is 8.93. The molecule has 0 atom stereocenters. The van der Waals surface area contributed by atoms with E-state index in [1.165, 1.54) is 0 Å². The number of aliphatic hydroxyl groups is 1. The van der Waals surface area contributed by atoms with Crippen molar-refractivity contribution in [3.63, 3.8) is 0 Å². The fourth-order valence-electron chi connectivity index (χ4n) is 1.53. The van der Waals surface area contributed by atoms with Crippen molar-refractivity contribution in [3.8, 4) is 6.07 Å². The summed E-state index contributed by atoms with van der Waals surface area (Å²) >= 11 is 0. The highest BCUT2D eigenvalue weighted by Crippen LogP contribution is 2.07. The number of nitrogens with zero attached hydrogens (tertiary/aromatic N) is 3. The topological polar surface area (TPSA) is 61.8 Å². The minimum Gasteiger partial charge on any atom is -0.392 e. The molecule has 0 fully saturated rings. The molecule has 4 heteroatoms. The number of pyridine rings is 1. The second kappa shape index (κ2) is 4.60. The van der Waals surface area contributed by atoms with Crippen molar-refractivity contribution in [2.45, 2.75) is 13.2 Å². The van der Waals surface area contributed by atoms with Crippen LogP contribution in [0, 0.1) is 11.3 Å². The van der Waals surface area contributed by atoms with Crippen LogP contribution in [-0.2, 0) is 13.2 Å². The first-order valence-corrected chi connectivity index (χ1v) is 4.92. The van der Waals surface area contributed by atoms with Crippen molar-refractivity contribution in [2.24, 2.45) is 0 Å². The minimum atomic E-state index is 0.0484. The maximum atomic E-state index is 8.93. The average Bonchev–Trinajstić information content (AvgIpc) is 2.77. The molecule has 0 unspecified atom stereocenters. The molecule has 0 aliphatic rings. The lowest BCUT2D eigenvalue weighted by atomic mass is 10.2. The number of rotatable bonds is 3. The molecule has 2 aromatic rings. The van der Waals surface area contributed by atoms with Crippen LogP contribution in [0.15, 0.2) is 36.8 Å². The third-order valence-electron chi connectivity index (χ3n) is 2.30. The molecule has 0 radical (unpaired) electrons. The SMILES string of the molecule is N#Cc1cc(Cn2ccc(CO)c2)ccn1. The molecule has 2 rings (SSSR count). The van der Waals surface area contributed by atoms with Crippen molar-refractivity contribution in [1.82, 2.24) is 9.55 Å². The van der Waals surface area contributed by atoms with Gasteiger partial charge in [0.2, 0.25) is 0 Å². The van der Waals surface area contributed by atoms with E-state index in [1.807, 2.05) is 35.2 Å². The van der Waals surface area contributed by atoms with Gasteiger partial charge in [-0.2, -0.15) is 5.26 Å². The van der Waals surface area contributed by atoms with E-state index in [1.54, 1.807) is 12.3 Å². The van der Waals surface area contributed by atoms with E-state index < -0.39 is 0 Å². The van der Waals surface area contributed by atoms with Crippen molar-refractivity contribution < 1.29 is 5.11 Å². The highest BCUT2D eigenvalue weighted by atomic mass is 16.3. The predicted molar refractivity (Wildman–Crippen MR) is 58.4 cm³/mol. The van der Waals surface area contributed by atoms with Crippen LogP contribution in [0.3, 0.4) is 0 Å². The first-order valence-electron chi connectivity index (χ1n) is 4.92. The molecule has 80 valence electrons. The Bertz CT molecular complexity index is 525. The summed E-state index contributed by atoms with van der Waals surface area (Å²) in [5, 5.41) is 17.7. The number of hydrogen-bond acceptors (Lipinski definition) is 3. The van der Waals surface area contributed by atoms with Gasteiger partial charge in [0.05, 0.1) is 6.61 Å². The summed E-state index contributed by atoms with van der Waals surface area (Å²) in [4.78, 5) is 3.91. The zero-order valence-corrected chi connectivity index (χ0v) is 8.67. The van der Waals surface area contributed by atoms with Crippen LogP contribution in [0.4, 0.5) is 0 Å². The molecule has 0 saturated heterocycles. The number of aliphatic hydroxyl groups excluding tert-OH is 1. The number of nitriles is 1. The molecule has 0 spiro atoms. The lowest BCUT2D eigenvalue weighted by molar-refractivity contribution is 0.282. The van der Waals surface area contributed by atoms with E-state index >= 15 is 0 Å². The summed E-state index contributed by atoms with van der Waals surface area (Å²) in [5.41, 5.74) is 2.33. The van der Waals surface area contributed by atoms with Crippen molar-refractivity contribution in [3.05, 3.63) is 53.6 Å². The molecule has 0 aliphatic carbocycles. The van der Waals surface area contributed by atoms with Gasteiger partial charge >= 0.3 is 0 Å². The molecule has 1 N–H and O–H groups in total. The van der Waals surface area contributed by atoms with Gasteiger partial charge in [0.25, 0.3) is 0 Å². The van der Waals surface area contributed by atoms with Gasteiger partial charge < -0.3 is 9.67 Å². The molecule has 2 heterocycles. The molecule has 0 saturated carbocycles. The lowest BCUT2D eigenvalue weighted by Crippen LogP contribution is -1.97. The second-order valence-corrected chi connectivity index (χ2v) is 3.51. The van der Waals surface area contributed by atoms with E-state index in [0.29, 0.717) is 12.2 Å². The monoisotopic (exact) mass is 213 g/mol. The first-order chi connectivity index (χ1) is 7.81. The van der Waals surface area contributed by atoms with Crippen LogP contribution >= 0.6 is 0 Å². The Kier molecular flexibility index (Phi) is 2.99. The zero-order valence-electron chi connectivity index (χ0n) is 8.67. The van der Waals surface area contributed by atoms with Gasteiger partial charge in [-0.05, 0) is 29.3 Å². The smallest absolute Gasteiger partial charge is 0.140 e. The number of hydrogen-bond donors (Lipinski definition) is 1. The van der Waals surface area contributed by atoms with Gasteiger partial charge in [-0.15, -0.1) is 0 Å². The average molecular weight is 213 g/mol. The minimum absolute atomic E-state index is 0.0484. The summed E-state index contributed by atoms with van der Waals surface area (Å²) < 4.78 is 1.96. The Balaban J connectivity index is 2.17. The van der Waals surface area contributed by atoms with Gasteiger partial charge in [0.1, 0.15) is 11.8 Å². The lowest BCUT2D eigenvalue weighted by Gasteiger charge is -2.02. The molecule has 4 nitrogen and oxygen atoms in total. The van der Waals surface area contributed by atoms with E-state index in [9.17, 15) is 0 Å². The quantitative estimate of drug-likeness (QED) is 0.835. The molecule has 2 aromatic heterocycles. The van der Waals surface area contributed by atoms with Gasteiger partial charge in [0.15, 0.2) is 0 Å². The van der Waals surface area contributed by atoms with Gasteiger partial charge in [-0.25, -0.2) is 4.98 Å². The highest BCUT2D eigenvalue weighted by Gasteiger charge is 1.99. The third-order valence-corrected chi connectivity index (χ3v) is 2.30. The van der Waals surface area contributed by atoms with Crippen LogP contribution < -0.4 is 0 Å². The predicted octanol–water partition coefficient (Wildman–Crippen LogP) is 1.30. The fourth-order valence-corrected chi connectivity index (χ4v) is 1.53. The maximum Gasteiger partial charge on any atom is 0.140 e. The van der Waals surface area contributed by atoms with Crippen molar-refractivity contribution in [1.29, 1.82) is 5.26 Å². The van der Waals surface area contributed by atoms with Crippen LogP contribution in [0.25, 0.3) is 0 Å². The Hall–Kier alpha value is -2.12. The molecule has 0 amide bonds. The van der Waals surface area contributed by atoms with Crippen LogP contribution in [0.2, 0.25) is 0 Å². The van der Waals surface area contributed by atoms with Crippen molar-refractivity contribution in [2.75, 3.05) is 0 Å². The number of aromatic nitrogens is 2. The summed E-state index contributed by atoms with van der Waals surface area (Å²) in [6, 6.07) is 7.51. The molecular formula is C12H11N3O. The summed E-state index contributed by atoms with van der Waals surface area (Å²) in [6.07, 6.45) is 5.41. The largest absolute Gasteiger partial charge is 0.392 e. The van der Waals surface area contributed by atoms with E-state index in [2.05, 4.69) is 4.98 Å². The molecular weight excluding hydrogens is 202 g/mol. The zero-order chi connectivity index (χ0) is 11.4. The van der Waals surface area contributed by atoms with Gasteiger partial charge in [-0.1, -0.05) is 0 Å². The fraction of sp³-hybridized carbons (Fsp3) is 0.167. The second-order valence-electron chi connectivity index (χ2n) is 3.51. The van der Waals surface area contributed by atoms with E-state index in [4.69, 9.17) is 10.4 Å². The Morgan fingerprint density at radius 1 is 1.38 bits per heavy atom. The Morgan fingerprint density at radius 3 is 2.94 bits per heavy atom. The third kappa shape index (κ3) is 2.27. The normalized spacial score (nSPS) is 10.0. The van der Waals surface area contributed by atoms with Gasteiger partial charge in [0, 0.05) is 25.1 Å². The van der Waals surface area contributed by atoms with Crippen LogP contribution in [0.5, 0.6) is 0 Å². The summed E-state index contributed by atoms with van der Waals surface area (Å²) in [5.74, 6) is 0. The highest BCUT2D eigenvalue weighted by molar-refractivity contribution is 5.26. The first kappa shape index (κ1) is 10.4. The molecule has 0 bridgehead atoms. The molecule has 0 aliphatic heterocycles. The van der Waals surface area contributed by atoms with Crippen LogP contribution in [0.1, 0.15) is 16.8 Å².